The van der Waals surface area contributed by atoms with Crippen molar-refractivity contribution in [3.8, 4) is 5.75 Å². The van der Waals surface area contributed by atoms with Crippen LogP contribution in [-0.2, 0) is 4.79 Å². The Kier molecular flexibility index (Phi) is 3.59. The number of hydrogen-bond acceptors (Lipinski definition) is 5. The Morgan fingerprint density at radius 1 is 1.17 bits per heavy atom. The predicted octanol–water partition coefficient (Wildman–Crippen LogP) is 2.12. The Labute approximate surface area is 141 Å². The van der Waals surface area contributed by atoms with Gasteiger partial charge in [0.15, 0.2) is 0 Å². The smallest absolute Gasteiger partial charge is 0.227 e. The summed E-state index contributed by atoms with van der Waals surface area (Å²) in [6.45, 7) is 2.53. The largest absolute Gasteiger partial charge is 0.497 e. The second kappa shape index (κ2) is 5.78. The third-order valence-corrected chi connectivity index (χ3v) is 5.02. The van der Waals surface area contributed by atoms with Crippen molar-refractivity contribution in [2.45, 2.75) is 12.8 Å². The van der Waals surface area contributed by atoms with Crippen LogP contribution in [0.1, 0.15) is 12.8 Å². The van der Waals surface area contributed by atoms with Crippen LogP contribution in [0.3, 0.4) is 0 Å². The van der Waals surface area contributed by atoms with Crippen molar-refractivity contribution < 1.29 is 9.53 Å². The number of aromatic nitrogens is 2. The lowest BCUT2D eigenvalue weighted by Gasteiger charge is -2.24. The van der Waals surface area contributed by atoms with E-state index in [1.165, 1.54) is 0 Å². The number of rotatable bonds is 3. The van der Waals surface area contributed by atoms with Gasteiger partial charge in [-0.05, 0) is 30.7 Å². The third-order valence-electron chi connectivity index (χ3n) is 5.02. The van der Waals surface area contributed by atoms with Gasteiger partial charge < -0.3 is 14.5 Å². The Hall–Kier alpha value is -2.63. The highest BCUT2D eigenvalue weighted by Gasteiger charge is 2.48. The lowest BCUT2D eigenvalue weighted by atomic mass is 9.86. The van der Waals surface area contributed by atoms with Crippen LogP contribution in [0.2, 0.25) is 0 Å². The summed E-state index contributed by atoms with van der Waals surface area (Å²) in [6.07, 6.45) is 6.78. The van der Waals surface area contributed by atoms with Crippen LogP contribution in [0.5, 0.6) is 5.75 Å². The number of carbonyl (C=O) groups is 1. The van der Waals surface area contributed by atoms with E-state index in [1.807, 2.05) is 29.2 Å². The van der Waals surface area contributed by atoms with Gasteiger partial charge >= 0.3 is 0 Å². The number of hydrogen-bond donors (Lipinski definition) is 0. The van der Waals surface area contributed by atoms with E-state index >= 15 is 0 Å². The minimum Gasteiger partial charge on any atom is -0.497 e. The summed E-state index contributed by atoms with van der Waals surface area (Å²) in [5.74, 6) is 1.89. The van der Waals surface area contributed by atoms with E-state index in [4.69, 9.17) is 4.74 Å². The van der Waals surface area contributed by atoms with Crippen LogP contribution < -0.4 is 14.5 Å². The molecule has 1 aromatic heterocycles. The summed E-state index contributed by atoms with van der Waals surface area (Å²) in [5, 5.41) is 0. The Morgan fingerprint density at radius 2 is 2.00 bits per heavy atom. The quantitative estimate of drug-likeness (QED) is 0.865. The monoisotopic (exact) mass is 324 g/mol. The fourth-order valence-corrected chi connectivity index (χ4v) is 3.75. The molecule has 124 valence electrons. The summed E-state index contributed by atoms with van der Waals surface area (Å²) in [4.78, 5) is 25.2. The fraction of sp³-hybridized carbons (Fsp3) is 0.389. The lowest BCUT2D eigenvalue weighted by Crippen LogP contribution is -2.31. The van der Waals surface area contributed by atoms with Gasteiger partial charge in [0.1, 0.15) is 11.6 Å². The molecule has 2 fully saturated rings. The summed E-state index contributed by atoms with van der Waals surface area (Å²) >= 11 is 0. The molecule has 1 spiro atoms. The fourth-order valence-electron chi connectivity index (χ4n) is 3.75. The number of anilines is 2. The highest BCUT2D eigenvalue weighted by atomic mass is 16.5. The van der Waals surface area contributed by atoms with Crippen LogP contribution in [0, 0.1) is 5.41 Å². The van der Waals surface area contributed by atoms with Gasteiger partial charge in [-0.25, -0.2) is 4.98 Å². The van der Waals surface area contributed by atoms with Crippen molar-refractivity contribution >= 4 is 17.4 Å². The third kappa shape index (κ3) is 2.58. The molecular formula is C18H20N4O2. The van der Waals surface area contributed by atoms with Crippen LogP contribution in [0.15, 0.2) is 42.9 Å². The molecular weight excluding hydrogens is 304 g/mol. The minimum absolute atomic E-state index is 0.00846. The molecule has 1 aromatic carbocycles. The highest BCUT2D eigenvalue weighted by Crippen LogP contribution is 2.42. The van der Waals surface area contributed by atoms with Gasteiger partial charge in [0.05, 0.1) is 13.3 Å². The van der Waals surface area contributed by atoms with Gasteiger partial charge in [-0.3, -0.25) is 9.78 Å². The summed E-state index contributed by atoms with van der Waals surface area (Å²) in [6, 6.07) is 7.69. The van der Waals surface area contributed by atoms with Gasteiger partial charge in [0.2, 0.25) is 5.91 Å². The van der Waals surface area contributed by atoms with E-state index in [-0.39, 0.29) is 11.3 Å². The second-order valence-corrected chi connectivity index (χ2v) is 6.59. The van der Waals surface area contributed by atoms with Gasteiger partial charge in [-0.2, -0.15) is 0 Å². The number of nitrogens with zero attached hydrogens (tertiary/aromatic N) is 4. The zero-order valence-corrected chi connectivity index (χ0v) is 13.7. The number of carbonyl (C=O) groups excluding carboxylic acids is 1. The Bertz CT molecular complexity index is 734. The van der Waals surface area contributed by atoms with Gasteiger partial charge in [-0.15, -0.1) is 0 Å². The normalized spacial score (nSPS) is 23.3. The molecule has 0 bridgehead atoms. The van der Waals surface area contributed by atoms with Crippen molar-refractivity contribution in [3.63, 3.8) is 0 Å². The molecule has 2 saturated heterocycles. The standard InChI is InChI=1S/C18H20N4O2/c1-24-15-4-2-14(3-5-15)22-13-18(10-17(22)23)6-9-21(12-18)16-11-19-7-8-20-16/h2-5,7-8,11H,6,9-10,12-13H2,1H3. The predicted molar refractivity (Wildman–Crippen MR) is 91.3 cm³/mol. The zero-order valence-electron chi connectivity index (χ0n) is 13.7. The van der Waals surface area contributed by atoms with E-state index in [9.17, 15) is 4.79 Å². The van der Waals surface area contributed by atoms with Crippen molar-refractivity contribution in [2.75, 3.05) is 36.5 Å². The Morgan fingerprint density at radius 3 is 2.71 bits per heavy atom. The minimum atomic E-state index is 0.00846. The molecule has 24 heavy (non-hydrogen) atoms. The highest BCUT2D eigenvalue weighted by molar-refractivity contribution is 5.96. The number of amides is 1. The van der Waals surface area contributed by atoms with Crippen molar-refractivity contribution in [3.05, 3.63) is 42.9 Å². The molecule has 3 heterocycles. The van der Waals surface area contributed by atoms with Crippen molar-refractivity contribution in [2.24, 2.45) is 5.41 Å². The molecule has 1 unspecified atom stereocenters. The topological polar surface area (TPSA) is 58.6 Å². The van der Waals surface area contributed by atoms with Crippen LogP contribution in [-0.4, -0.2) is 42.6 Å². The van der Waals surface area contributed by atoms with E-state index in [2.05, 4.69) is 14.9 Å². The van der Waals surface area contributed by atoms with Crippen molar-refractivity contribution in [1.82, 2.24) is 9.97 Å². The molecule has 2 aliphatic rings. The number of benzene rings is 1. The van der Waals surface area contributed by atoms with E-state index in [0.29, 0.717) is 6.42 Å². The first kappa shape index (κ1) is 14.9. The van der Waals surface area contributed by atoms with E-state index in [0.717, 1.165) is 43.3 Å². The molecule has 2 aromatic rings. The van der Waals surface area contributed by atoms with Crippen molar-refractivity contribution in [1.29, 1.82) is 0 Å². The average molecular weight is 324 g/mol. The Balaban J connectivity index is 1.51. The molecule has 6 heteroatoms. The number of methoxy groups -OCH3 is 1. The molecule has 4 rings (SSSR count). The van der Waals surface area contributed by atoms with E-state index in [1.54, 1.807) is 25.7 Å². The molecule has 0 N–H and O–H groups in total. The maximum Gasteiger partial charge on any atom is 0.227 e. The summed E-state index contributed by atoms with van der Waals surface area (Å²) in [5.41, 5.74) is 0.949. The second-order valence-electron chi connectivity index (χ2n) is 6.59. The van der Waals surface area contributed by atoms with Crippen LogP contribution in [0.4, 0.5) is 11.5 Å². The molecule has 6 nitrogen and oxygen atoms in total. The van der Waals surface area contributed by atoms with E-state index < -0.39 is 0 Å². The molecule has 2 aliphatic heterocycles. The molecule has 1 atom stereocenters. The number of ether oxygens (including phenoxy) is 1. The average Bonchev–Trinajstić information content (AvgIpc) is 3.19. The summed E-state index contributed by atoms with van der Waals surface area (Å²) < 4.78 is 5.19. The summed E-state index contributed by atoms with van der Waals surface area (Å²) in [7, 11) is 1.64. The van der Waals surface area contributed by atoms with Gasteiger partial charge in [0, 0.05) is 49.6 Å². The molecule has 0 aliphatic carbocycles. The molecule has 0 saturated carbocycles. The maximum atomic E-state index is 12.6. The first-order valence-electron chi connectivity index (χ1n) is 8.15. The lowest BCUT2D eigenvalue weighted by molar-refractivity contribution is -0.117. The molecule has 1 amide bonds. The van der Waals surface area contributed by atoms with Gasteiger partial charge in [-0.1, -0.05) is 0 Å². The first-order valence-corrected chi connectivity index (χ1v) is 8.15. The van der Waals surface area contributed by atoms with Gasteiger partial charge in [0.25, 0.3) is 0 Å². The molecule has 0 radical (unpaired) electrons. The maximum absolute atomic E-state index is 12.6. The van der Waals surface area contributed by atoms with Crippen LogP contribution in [0.25, 0.3) is 0 Å². The first-order chi connectivity index (χ1) is 11.7. The SMILES string of the molecule is COc1ccc(N2CC3(CCN(c4cnccn4)C3)CC2=O)cc1. The van der Waals surface area contributed by atoms with Crippen LogP contribution >= 0.6 is 0 Å². The zero-order chi connectivity index (χ0) is 16.6.